The van der Waals surface area contributed by atoms with Gasteiger partial charge >= 0.3 is 0 Å². The van der Waals surface area contributed by atoms with Crippen LogP contribution in [0.15, 0.2) is 77.0 Å². The zero-order valence-electron chi connectivity index (χ0n) is 14.1. The number of nitrogens with one attached hydrogen (secondary N) is 1. The summed E-state index contributed by atoms with van der Waals surface area (Å²) >= 11 is 5.12. The molecule has 1 N–H and O–H groups in total. The van der Waals surface area contributed by atoms with Gasteiger partial charge in [-0.3, -0.25) is 4.98 Å². The fourth-order valence-electron chi connectivity index (χ4n) is 3.14. The molecule has 130 valence electrons. The molecule has 0 aliphatic carbocycles. The molecule has 0 aliphatic heterocycles. The van der Waals surface area contributed by atoms with Gasteiger partial charge in [0.05, 0.1) is 16.6 Å². The number of para-hydroxylation sites is 1. The summed E-state index contributed by atoms with van der Waals surface area (Å²) in [5, 5.41) is 7.73. The van der Waals surface area contributed by atoms with Gasteiger partial charge in [0, 0.05) is 27.0 Å². The molecule has 5 rings (SSSR count). The third-order valence-corrected chi connectivity index (χ3v) is 5.83. The number of pyridine rings is 1. The smallest absolute Gasteiger partial charge is 0.143 e. The maximum absolute atomic E-state index is 4.53. The van der Waals surface area contributed by atoms with E-state index >= 15 is 0 Å². The van der Waals surface area contributed by atoms with Crippen molar-refractivity contribution in [3.8, 4) is 11.1 Å². The molecule has 3 heterocycles. The molecule has 0 spiro atoms. The predicted octanol–water partition coefficient (Wildman–Crippen LogP) is 6.41. The highest BCUT2D eigenvalue weighted by molar-refractivity contribution is 9.10. The van der Waals surface area contributed by atoms with Gasteiger partial charge in [-0.1, -0.05) is 46.3 Å². The van der Waals surface area contributed by atoms with Crippen molar-refractivity contribution in [3.05, 3.63) is 77.0 Å². The summed E-state index contributed by atoms with van der Waals surface area (Å²) in [4.78, 5) is 14.5. The van der Waals surface area contributed by atoms with Crippen molar-refractivity contribution in [3.63, 3.8) is 0 Å². The van der Waals surface area contributed by atoms with Crippen LogP contribution in [0.3, 0.4) is 0 Å². The second-order valence-electron chi connectivity index (χ2n) is 6.06. The quantitative estimate of drug-likeness (QED) is 0.357. The highest BCUT2D eigenvalue weighted by Gasteiger charge is 2.14. The first-order valence-corrected chi connectivity index (χ1v) is 10.1. The number of hydrogen-bond acceptors (Lipinski definition) is 5. The van der Waals surface area contributed by atoms with Gasteiger partial charge in [0.1, 0.15) is 17.0 Å². The van der Waals surface area contributed by atoms with E-state index in [1.807, 2.05) is 30.3 Å². The SMILES string of the molecule is Brc1ccc(-c2csc3ncnc(Nc4cccc5cccnc45)c23)cc1. The molecule has 0 bridgehead atoms. The minimum Gasteiger partial charge on any atom is -0.338 e. The molecule has 6 heteroatoms. The minimum atomic E-state index is 0.789. The molecule has 0 saturated heterocycles. The minimum absolute atomic E-state index is 0.789. The molecule has 0 atom stereocenters. The average Bonchev–Trinajstić information content (AvgIpc) is 3.14. The predicted molar refractivity (Wildman–Crippen MR) is 116 cm³/mol. The summed E-state index contributed by atoms with van der Waals surface area (Å²) in [6.45, 7) is 0. The van der Waals surface area contributed by atoms with Gasteiger partial charge < -0.3 is 5.32 Å². The van der Waals surface area contributed by atoms with Crippen molar-refractivity contribution in [1.82, 2.24) is 15.0 Å². The van der Waals surface area contributed by atoms with Crippen molar-refractivity contribution in [2.24, 2.45) is 0 Å². The molecule has 27 heavy (non-hydrogen) atoms. The van der Waals surface area contributed by atoms with Crippen molar-refractivity contribution in [2.45, 2.75) is 0 Å². The molecule has 0 radical (unpaired) electrons. The lowest BCUT2D eigenvalue weighted by Gasteiger charge is -2.10. The van der Waals surface area contributed by atoms with Crippen molar-refractivity contribution in [1.29, 1.82) is 0 Å². The van der Waals surface area contributed by atoms with E-state index in [9.17, 15) is 0 Å². The Balaban J connectivity index is 1.67. The van der Waals surface area contributed by atoms with E-state index in [-0.39, 0.29) is 0 Å². The van der Waals surface area contributed by atoms with Gasteiger partial charge in [-0.15, -0.1) is 11.3 Å². The highest BCUT2D eigenvalue weighted by atomic mass is 79.9. The number of hydrogen-bond donors (Lipinski definition) is 1. The fourth-order valence-corrected chi connectivity index (χ4v) is 4.32. The van der Waals surface area contributed by atoms with E-state index in [2.05, 4.69) is 65.8 Å². The summed E-state index contributed by atoms with van der Waals surface area (Å²) in [6.07, 6.45) is 3.41. The molecular weight excluding hydrogens is 420 g/mol. The van der Waals surface area contributed by atoms with Gasteiger partial charge in [0.2, 0.25) is 0 Å². The lowest BCUT2D eigenvalue weighted by molar-refractivity contribution is 1.23. The lowest BCUT2D eigenvalue weighted by Crippen LogP contribution is -1.97. The molecule has 3 aromatic heterocycles. The molecule has 5 aromatic rings. The van der Waals surface area contributed by atoms with E-state index in [1.165, 1.54) is 0 Å². The number of nitrogens with zero attached hydrogens (tertiary/aromatic N) is 3. The number of benzene rings is 2. The lowest BCUT2D eigenvalue weighted by atomic mass is 10.1. The molecular formula is C21H13BrN4S. The van der Waals surface area contributed by atoms with Crippen LogP contribution < -0.4 is 5.32 Å². The van der Waals surface area contributed by atoms with Crippen molar-refractivity contribution in [2.75, 3.05) is 5.32 Å². The standard InChI is InChI=1S/C21H13BrN4S/c22-15-8-6-13(7-9-15)16-11-27-21-18(16)20(24-12-25-21)26-17-5-1-3-14-4-2-10-23-19(14)17/h1-12H,(H,24,25,26). The Morgan fingerprint density at radius 2 is 1.74 bits per heavy atom. The Bertz CT molecular complexity index is 1260. The van der Waals surface area contributed by atoms with Crippen LogP contribution in [-0.2, 0) is 0 Å². The molecule has 0 saturated carbocycles. The Kier molecular flexibility index (Phi) is 4.07. The van der Waals surface area contributed by atoms with Gasteiger partial charge in [-0.25, -0.2) is 9.97 Å². The van der Waals surface area contributed by atoms with E-state index in [0.29, 0.717) is 0 Å². The van der Waals surface area contributed by atoms with Crippen LogP contribution in [0.4, 0.5) is 11.5 Å². The van der Waals surface area contributed by atoms with Crippen molar-refractivity contribution >= 4 is 59.9 Å². The number of thiophene rings is 1. The molecule has 2 aromatic carbocycles. The summed E-state index contributed by atoms with van der Waals surface area (Å²) in [6, 6.07) is 18.4. The normalized spacial score (nSPS) is 11.1. The first-order valence-electron chi connectivity index (χ1n) is 8.38. The Hall–Kier alpha value is -2.83. The number of aromatic nitrogens is 3. The third kappa shape index (κ3) is 2.97. The van der Waals surface area contributed by atoms with Crippen LogP contribution in [0.25, 0.3) is 32.2 Å². The van der Waals surface area contributed by atoms with E-state index < -0.39 is 0 Å². The molecule has 0 aliphatic rings. The van der Waals surface area contributed by atoms with E-state index in [1.54, 1.807) is 23.9 Å². The van der Waals surface area contributed by atoms with Crippen LogP contribution in [0.2, 0.25) is 0 Å². The maximum atomic E-state index is 4.53. The fraction of sp³-hybridized carbons (Fsp3) is 0. The maximum Gasteiger partial charge on any atom is 0.143 e. The molecule has 4 nitrogen and oxygen atoms in total. The zero-order valence-corrected chi connectivity index (χ0v) is 16.5. The largest absolute Gasteiger partial charge is 0.338 e. The summed E-state index contributed by atoms with van der Waals surface area (Å²) in [7, 11) is 0. The van der Waals surface area contributed by atoms with Crippen LogP contribution in [0.5, 0.6) is 0 Å². The summed E-state index contributed by atoms with van der Waals surface area (Å²) in [5.74, 6) is 0.789. The van der Waals surface area contributed by atoms with Gasteiger partial charge in [-0.2, -0.15) is 0 Å². The van der Waals surface area contributed by atoms with Gasteiger partial charge in [0.15, 0.2) is 0 Å². The second-order valence-corrected chi connectivity index (χ2v) is 7.84. The number of rotatable bonds is 3. The number of anilines is 2. The monoisotopic (exact) mass is 432 g/mol. The van der Waals surface area contributed by atoms with Crippen LogP contribution in [0.1, 0.15) is 0 Å². The number of fused-ring (bicyclic) bond motifs is 2. The molecule has 0 unspecified atom stereocenters. The summed E-state index contributed by atoms with van der Waals surface area (Å²) < 4.78 is 1.06. The Labute approximate surface area is 168 Å². The Morgan fingerprint density at radius 1 is 0.889 bits per heavy atom. The first kappa shape index (κ1) is 16.4. The van der Waals surface area contributed by atoms with Gasteiger partial charge in [0.25, 0.3) is 0 Å². The van der Waals surface area contributed by atoms with Gasteiger partial charge in [-0.05, 0) is 29.8 Å². The zero-order chi connectivity index (χ0) is 18.2. The Morgan fingerprint density at radius 3 is 2.63 bits per heavy atom. The van der Waals surface area contributed by atoms with Crippen LogP contribution in [-0.4, -0.2) is 15.0 Å². The molecule has 0 amide bonds. The van der Waals surface area contributed by atoms with E-state index in [4.69, 9.17) is 0 Å². The van der Waals surface area contributed by atoms with E-state index in [0.717, 1.165) is 48.2 Å². The van der Waals surface area contributed by atoms with Crippen LogP contribution in [0, 0.1) is 0 Å². The summed E-state index contributed by atoms with van der Waals surface area (Å²) in [5.41, 5.74) is 4.12. The van der Waals surface area contributed by atoms with Crippen LogP contribution >= 0.6 is 27.3 Å². The first-order chi connectivity index (χ1) is 13.3. The highest BCUT2D eigenvalue weighted by Crippen LogP contribution is 2.38. The second kappa shape index (κ2) is 6.72. The third-order valence-electron chi connectivity index (χ3n) is 4.41. The number of halogens is 1. The molecule has 0 fully saturated rings. The average molecular weight is 433 g/mol. The van der Waals surface area contributed by atoms with Crippen molar-refractivity contribution < 1.29 is 0 Å². The topological polar surface area (TPSA) is 50.7 Å².